The molecule has 2 aromatic heterocycles. The number of anilines is 3. The lowest BCUT2D eigenvalue weighted by Gasteiger charge is -2.40. The Morgan fingerprint density at radius 2 is 1.00 bits per heavy atom. The molecule has 0 unspecified atom stereocenters. The maximum absolute atomic E-state index is 2.55. The number of hydrogen-bond donors (Lipinski definition) is 0. The van der Waals surface area contributed by atoms with E-state index in [2.05, 4.69) is 172 Å². The van der Waals surface area contributed by atoms with Crippen LogP contribution in [0.15, 0.2) is 158 Å². The number of benzene rings is 7. The quantitative estimate of drug-likeness (QED) is 0.186. The van der Waals surface area contributed by atoms with Gasteiger partial charge in [0.05, 0.1) is 22.1 Å². The molecule has 0 aliphatic carbocycles. The lowest BCUT2D eigenvalue weighted by Crippen LogP contribution is -2.60. The van der Waals surface area contributed by atoms with Crippen molar-refractivity contribution in [3.8, 4) is 11.4 Å². The van der Waals surface area contributed by atoms with Crippen LogP contribution in [0, 0.1) is 0 Å². The standard InChI is InChI=1S/C42H26BN3/c1-3-14-27(15-4-1)44-36-23-12-9-20-32(36)43-33-26-31-29-18-7-10-21-34(29)45(28-16-5-2-6-17-28)41(31)39-30-19-8-11-22-35(30)46(42(33)39)38-25-13-24-37(44)40(38)43/h1-26H. The highest BCUT2D eigenvalue weighted by Gasteiger charge is 2.42. The molecule has 0 saturated heterocycles. The van der Waals surface area contributed by atoms with Crippen molar-refractivity contribution in [1.29, 1.82) is 0 Å². The first-order chi connectivity index (χ1) is 22.9. The van der Waals surface area contributed by atoms with Gasteiger partial charge in [0, 0.05) is 50.0 Å². The third-order valence-electron chi connectivity index (χ3n) is 10.3. The molecule has 46 heavy (non-hydrogen) atoms. The van der Waals surface area contributed by atoms with Crippen LogP contribution in [0.3, 0.4) is 0 Å². The summed E-state index contributed by atoms with van der Waals surface area (Å²) in [4.78, 5) is 2.46. The van der Waals surface area contributed by atoms with Crippen LogP contribution in [0.4, 0.5) is 17.1 Å². The van der Waals surface area contributed by atoms with Crippen molar-refractivity contribution in [2.24, 2.45) is 0 Å². The van der Waals surface area contributed by atoms with Crippen molar-refractivity contribution < 1.29 is 0 Å². The molecular weight excluding hydrogens is 557 g/mol. The number of rotatable bonds is 2. The molecule has 4 heterocycles. The van der Waals surface area contributed by atoms with Crippen molar-refractivity contribution in [2.45, 2.75) is 0 Å². The van der Waals surface area contributed by atoms with E-state index in [1.807, 2.05) is 0 Å². The highest BCUT2D eigenvalue weighted by atomic mass is 15.2. The van der Waals surface area contributed by atoms with E-state index in [1.54, 1.807) is 0 Å². The van der Waals surface area contributed by atoms with E-state index in [-0.39, 0.29) is 6.71 Å². The van der Waals surface area contributed by atoms with Gasteiger partial charge in [0.2, 0.25) is 0 Å². The number of aromatic nitrogens is 2. The lowest BCUT2D eigenvalue weighted by atomic mass is 9.33. The molecule has 4 heteroatoms. The van der Waals surface area contributed by atoms with Gasteiger partial charge in [0.15, 0.2) is 0 Å². The van der Waals surface area contributed by atoms with Gasteiger partial charge in [-0.2, -0.15) is 0 Å². The maximum atomic E-state index is 2.55. The van der Waals surface area contributed by atoms with E-state index in [0.29, 0.717) is 0 Å². The summed E-state index contributed by atoms with van der Waals surface area (Å²) < 4.78 is 5.04. The minimum Gasteiger partial charge on any atom is -0.311 e. The van der Waals surface area contributed by atoms with Gasteiger partial charge in [-0.3, -0.25) is 0 Å². The molecule has 0 saturated carbocycles. The molecule has 7 aromatic carbocycles. The second kappa shape index (κ2) is 8.80. The molecular formula is C42H26BN3. The molecule has 0 bridgehead atoms. The van der Waals surface area contributed by atoms with Crippen LogP contribution in [-0.4, -0.2) is 15.8 Å². The van der Waals surface area contributed by atoms with Crippen molar-refractivity contribution in [1.82, 2.24) is 9.13 Å². The molecule has 0 atom stereocenters. The molecule has 11 rings (SSSR count). The van der Waals surface area contributed by atoms with Crippen molar-refractivity contribution in [3.63, 3.8) is 0 Å². The van der Waals surface area contributed by atoms with Gasteiger partial charge in [0.1, 0.15) is 0 Å². The zero-order valence-electron chi connectivity index (χ0n) is 24.9. The average molecular weight is 584 g/mol. The molecule has 0 N–H and O–H groups in total. The largest absolute Gasteiger partial charge is 0.311 e. The summed E-state index contributed by atoms with van der Waals surface area (Å²) in [5.74, 6) is 0. The molecule has 0 fully saturated rings. The van der Waals surface area contributed by atoms with Gasteiger partial charge in [-0.15, -0.1) is 0 Å². The highest BCUT2D eigenvalue weighted by molar-refractivity contribution is 7.00. The van der Waals surface area contributed by atoms with E-state index in [1.165, 1.54) is 88.4 Å². The Balaban J connectivity index is 1.38. The molecule has 0 spiro atoms. The average Bonchev–Trinajstić information content (AvgIpc) is 3.64. The first-order valence-corrected chi connectivity index (χ1v) is 16.0. The smallest absolute Gasteiger partial charge is 0.252 e. The van der Waals surface area contributed by atoms with Gasteiger partial charge in [-0.25, -0.2) is 0 Å². The Bertz CT molecular complexity index is 2700. The van der Waals surface area contributed by atoms with Crippen LogP contribution in [-0.2, 0) is 0 Å². The summed E-state index contributed by atoms with van der Waals surface area (Å²) in [6.07, 6.45) is 0. The second-order valence-corrected chi connectivity index (χ2v) is 12.5. The van der Waals surface area contributed by atoms with E-state index in [4.69, 9.17) is 0 Å². The topological polar surface area (TPSA) is 13.1 Å². The molecule has 3 nitrogen and oxygen atoms in total. The maximum Gasteiger partial charge on any atom is 0.252 e. The van der Waals surface area contributed by atoms with E-state index >= 15 is 0 Å². The number of hydrogen-bond acceptors (Lipinski definition) is 1. The third-order valence-corrected chi connectivity index (χ3v) is 10.3. The van der Waals surface area contributed by atoms with Crippen LogP contribution in [0.5, 0.6) is 0 Å². The minimum atomic E-state index is 0.102. The summed E-state index contributed by atoms with van der Waals surface area (Å²) in [6.45, 7) is 0.102. The van der Waals surface area contributed by atoms with Crippen molar-refractivity contribution >= 4 is 83.8 Å². The molecule has 2 aliphatic heterocycles. The number of para-hydroxylation sites is 5. The van der Waals surface area contributed by atoms with Crippen molar-refractivity contribution in [2.75, 3.05) is 4.90 Å². The molecule has 0 amide bonds. The van der Waals surface area contributed by atoms with Crippen LogP contribution in [0.25, 0.3) is 55.0 Å². The SMILES string of the molecule is c1ccc(N2c3ccccc3B3c4c2cccc4-n2c4ccccc4c4c2c3cc2c3ccccc3n(-c3ccccc3)c24)cc1. The summed E-state index contributed by atoms with van der Waals surface area (Å²) in [7, 11) is 0. The fraction of sp³-hybridized carbons (Fsp3) is 0. The molecule has 0 radical (unpaired) electrons. The Morgan fingerprint density at radius 3 is 1.80 bits per heavy atom. The van der Waals surface area contributed by atoms with Crippen molar-refractivity contribution in [3.05, 3.63) is 158 Å². The van der Waals surface area contributed by atoms with Crippen LogP contribution < -0.4 is 21.3 Å². The van der Waals surface area contributed by atoms with Gasteiger partial charge in [0.25, 0.3) is 6.71 Å². The second-order valence-electron chi connectivity index (χ2n) is 12.5. The number of nitrogens with zero attached hydrogens (tertiary/aromatic N) is 3. The van der Waals surface area contributed by atoms with Crippen LogP contribution >= 0.6 is 0 Å². The Labute approximate surface area is 266 Å². The van der Waals surface area contributed by atoms with E-state index in [9.17, 15) is 0 Å². The van der Waals surface area contributed by atoms with Gasteiger partial charge in [-0.05, 0) is 71.0 Å². The first-order valence-electron chi connectivity index (χ1n) is 16.0. The normalized spacial score (nSPS) is 13.1. The minimum absolute atomic E-state index is 0.102. The fourth-order valence-corrected chi connectivity index (χ4v) is 8.58. The monoisotopic (exact) mass is 583 g/mol. The number of fused-ring (bicyclic) bond motifs is 11. The first kappa shape index (κ1) is 24.3. The zero-order valence-corrected chi connectivity index (χ0v) is 24.9. The van der Waals surface area contributed by atoms with Gasteiger partial charge in [-0.1, -0.05) is 103 Å². The van der Waals surface area contributed by atoms with Gasteiger partial charge < -0.3 is 14.0 Å². The molecule has 9 aromatic rings. The van der Waals surface area contributed by atoms with E-state index in [0.717, 1.165) is 0 Å². The van der Waals surface area contributed by atoms with Gasteiger partial charge >= 0.3 is 0 Å². The third kappa shape index (κ3) is 2.94. The molecule has 212 valence electrons. The Morgan fingerprint density at radius 1 is 0.391 bits per heavy atom. The predicted octanol–water partition coefficient (Wildman–Crippen LogP) is 8.49. The summed E-state index contributed by atoms with van der Waals surface area (Å²) in [5, 5.41) is 5.19. The predicted molar refractivity (Wildman–Crippen MR) is 194 cm³/mol. The van der Waals surface area contributed by atoms with Crippen LogP contribution in [0.1, 0.15) is 0 Å². The summed E-state index contributed by atoms with van der Waals surface area (Å²) in [6, 6.07) is 58.0. The van der Waals surface area contributed by atoms with Crippen LogP contribution in [0.2, 0.25) is 0 Å². The lowest BCUT2D eigenvalue weighted by molar-refractivity contribution is 1.17. The Hall–Kier alpha value is -6.00. The zero-order chi connectivity index (χ0) is 29.9. The Kier molecular flexibility index (Phi) is 4.66. The summed E-state index contributed by atoms with van der Waals surface area (Å²) in [5.41, 5.74) is 15.3. The van der Waals surface area contributed by atoms with E-state index < -0.39 is 0 Å². The fourth-order valence-electron chi connectivity index (χ4n) is 8.58. The molecule has 2 aliphatic rings. The summed E-state index contributed by atoms with van der Waals surface area (Å²) >= 11 is 0. The highest BCUT2D eigenvalue weighted by Crippen LogP contribution is 2.45.